The summed E-state index contributed by atoms with van der Waals surface area (Å²) in [4.78, 5) is 4.58. The Morgan fingerprint density at radius 1 is 1.15 bits per heavy atom. The fourth-order valence-electron chi connectivity index (χ4n) is 3.16. The number of fused-ring (bicyclic) bond motifs is 2. The van der Waals surface area contributed by atoms with E-state index in [1.807, 2.05) is 54.0 Å². The second-order valence-corrected chi connectivity index (χ2v) is 6.41. The number of imidazole rings is 1. The molecule has 2 aromatic carbocycles. The van der Waals surface area contributed by atoms with Crippen LogP contribution in [0.3, 0.4) is 0 Å². The lowest BCUT2D eigenvalue weighted by molar-refractivity contribution is 0.0206. The van der Waals surface area contributed by atoms with Gasteiger partial charge in [0.1, 0.15) is 19.0 Å². The Morgan fingerprint density at radius 3 is 2.65 bits per heavy atom. The van der Waals surface area contributed by atoms with Gasteiger partial charge in [-0.1, -0.05) is 30.3 Å². The standard InChI is InChI=1S/C20H22N2O4/c1-14-21-17-9-19-20(26-8-7-25-19)10-18(17)22(14)11-16(23)13-24-12-15-5-3-2-4-6-15/h2-6,9-10,16,23H,7-8,11-13H2,1H3. The van der Waals surface area contributed by atoms with Gasteiger partial charge in [0, 0.05) is 12.1 Å². The van der Waals surface area contributed by atoms with Crippen molar-refractivity contribution in [2.24, 2.45) is 0 Å². The largest absolute Gasteiger partial charge is 0.486 e. The molecule has 3 aromatic rings. The van der Waals surface area contributed by atoms with Crippen molar-refractivity contribution in [3.63, 3.8) is 0 Å². The molecule has 2 heterocycles. The zero-order valence-electron chi connectivity index (χ0n) is 14.7. The second kappa shape index (κ2) is 7.35. The van der Waals surface area contributed by atoms with Crippen molar-refractivity contribution in [2.75, 3.05) is 19.8 Å². The molecular weight excluding hydrogens is 332 g/mol. The number of aliphatic hydroxyl groups is 1. The Morgan fingerprint density at radius 2 is 1.88 bits per heavy atom. The van der Waals surface area contributed by atoms with Gasteiger partial charge in [0.15, 0.2) is 11.5 Å². The zero-order chi connectivity index (χ0) is 17.9. The van der Waals surface area contributed by atoms with Crippen LogP contribution in [0, 0.1) is 6.92 Å². The minimum absolute atomic E-state index is 0.262. The van der Waals surface area contributed by atoms with Crippen molar-refractivity contribution < 1.29 is 19.3 Å². The number of benzene rings is 2. The summed E-state index contributed by atoms with van der Waals surface area (Å²) < 4.78 is 18.9. The minimum Gasteiger partial charge on any atom is -0.486 e. The maximum atomic E-state index is 10.4. The van der Waals surface area contributed by atoms with Crippen LogP contribution in [0.5, 0.6) is 11.5 Å². The molecule has 4 rings (SSSR count). The van der Waals surface area contributed by atoms with Gasteiger partial charge in [-0.05, 0) is 12.5 Å². The first-order chi connectivity index (χ1) is 12.7. The predicted octanol–water partition coefficient (Wildman–Crippen LogP) is 2.69. The summed E-state index contributed by atoms with van der Waals surface area (Å²) in [6.45, 7) is 4.19. The lowest BCUT2D eigenvalue weighted by Crippen LogP contribution is -2.22. The molecule has 0 saturated heterocycles. The number of hydrogen-bond donors (Lipinski definition) is 1. The monoisotopic (exact) mass is 354 g/mol. The smallest absolute Gasteiger partial charge is 0.163 e. The van der Waals surface area contributed by atoms with E-state index in [1.165, 1.54) is 0 Å². The number of aromatic nitrogens is 2. The van der Waals surface area contributed by atoms with E-state index in [0.29, 0.717) is 26.4 Å². The number of rotatable bonds is 6. The third-order valence-corrected chi connectivity index (χ3v) is 4.42. The molecule has 0 bridgehead atoms. The molecule has 1 aliphatic rings. The van der Waals surface area contributed by atoms with Gasteiger partial charge in [-0.2, -0.15) is 0 Å². The van der Waals surface area contributed by atoms with Crippen LogP contribution < -0.4 is 9.47 Å². The van der Waals surface area contributed by atoms with Crippen LogP contribution in [0.2, 0.25) is 0 Å². The van der Waals surface area contributed by atoms with E-state index in [9.17, 15) is 5.11 Å². The molecule has 6 nitrogen and oxygen atoms in total. The Kier molecular flexibility index (Phi) is 4.77. The highest BCUT2D eigenvalue weighted by atomic mass is 16.6. The molecule has 1 aliphatic heterocycles. The van der Waals surface area contributed by atoms with Crippen molar-refractivity contribution in [1.29, 1.82) is 0 Å². The molecule has 0 amide bonds. The van der Waals surface area contributed by atoms with Gasteiger partial charge in [0.05, 0.1) is 36.9 Å². The van der Waals surface area contributed by atoms with Crippen molar-refractivity contribution in [3.8, 4) is 11.5 Å². The maximum Gasteiger partial charge on any atom is 0.163 e. The molecule has 1 aromatic heterocycles. The van der Waals surface area contributed by atoms with E-state index in [2.05, 4.69) is 4.98 Å². The highest BCUT2D eigenvalue weighted by Crippen LogP contribution is 2.34. The van der Waals surface area contributed by atoms with E-state index in [-0.39, 0.29) is 6.61 Å². The van der Waals surface area contributed by atoms with Gasteiger partial charge in [0.25, 0.3) is 0 Å². The lowest BCUT2D eigenvalue weighted by atomic mass is 10.2. The van der Waals surface area contributed by atoms with E-state index in [0.717, 1.165) is 33.9 Å². The van der Waals surface area contributed by atoms with Crippen LogP contribution in [0.4, 0.5) is 0 Å². The minimum atomic E-state index is -0.622. The van der Waals surface area contributed by atoms with E-state index in [1.54, 1.807) is 0 Å². The highest BCUT2D eigenvalue weighted by molar-refractivity contribution is 5.80. The van der Waals surface area contributed by atoms with E-state index in [4.69, 9.17) is 14.2 Å². The van der Waals surface area contributed by atoms with Gasteiger partial charge >= 0.3 is 0 Å². The molecule has 0 saturated carbocycles. The molecule has 1 atom stereocenters. The first-order valence-corrected chi connectivity index (χ1v) is 8.77. The van der Waals surface area contributed by atoms with E-state index >= 15 is 0 Å². The quantitative estimate of drug-likeness (QED) is 0.737. The number of hydrogen-bond acceptors (Lipinski definition) is 5. The normalized spacial score (nSPS) is 14.5. The van der Waals surface area contributed by atoms with Gasteiger partial charge in [-0.25, -0.2) is 4.98 Å². The Labute approximate surface area is 151 Å². The van der Waals surface area contributed by atoms with Crippen LogP contribution >= 0.6 is 0 Å². The summed E-state index contributed by atoms with van der Waals surface area (Å²) in [6, 6.07) is 13.8. The second-order valence-electron chi connectivity index (χ2n) is 6.41. The summed E-state index contributed by atoms with van der Waals surface area (Å²) in [6.07, 6.45) is -0.622. The summed E-state index contributed by atoms with van der Waals surface area (Å²) >= 11 is 0. The van der Waals surface area contributed by atoms with Crippen molar-refractivity contribution in [1.82, 2.24) is 9.55 Å². The van der Waals surface area contributed by atoms with Crippen LogP contribution in [0.15, 0.2) is 42.5 Å². The zero-order valence-corrected chi connectivity index (χ0v) is 14.7. The third-order valence-electron chi connectivity index (χ3n) is 4.42. The summed E-state index contributed by atoms with van der Waals surface area (Å²) in [5.74, 6) is 2.28. The summed E-state index contributed by atoms with van der Waals surface area (Å²) in [7, 11) is 0. The average Bonchev–Trinajstić information content (AvgIpc) is 2.95. The highest BCUT2D eigenvalue weighted by Gasteiger charge is 2.18. The molecule has 0 radical (unpaired) electrons. The van der Waals surface area contributed by atoms with Crippen LogP contribution in [0.25, 0.3) is 11.0 Å². The van der Waals surface area contributed by atoms with Gasteiger partial charge in [0.2, 0.25) is 0 Å². The number of nitrogens with zero attached hydrogens (tertiary/aromatic N) is 2. The first kappa shape index (κ1) is 16.9. The Hall–Kier alpha value is -2.57. The molecule has 0 fully saturated rings. The fourth-order valence-corrected chi connectivity index (χ4v) is 3.16. The molecule has 1 unspecified atom stereocenters. The molecular formula is C20H22N2O4. The van der Waals surface area contributed by atoms with Crippen molar-refractivity contribution in [3.05, 3.63) is 53.9 Å². The molecule has 0 spiro atoms. The topological polar surface area (TPSA) is 65.7 Å². The molecule has 136 valence electrons. The maximum absolute atomic E-state index is 10.4. The fraction of sp³-hybridized carbons (Fsp3) is 0.350. The van der Waals surface area contributed by atoms with Crippen LogP contribution in [-0.4, -0.2) is 40.6 Å². The molecule has 6 heteroatoms. The summed E-state index contributed by atoms with van der Waals surface area (Å²) in [5, 5.41) is 10.4. The first-order valence-electron chi connectivity index (χ1n) is 8.77. The van der Waals surface area contributed by atoms with Crippen molar-refractivity contribution >= 4 is 11.0 Å². The van der Waals surface area contributed by atoms with Gasteiger partial charge < -0.3 is 23.9 Å². The third kappa shape index (κ3) is 3.52. The average molecular weight is 354 g/mol. The number of aryl methyl sites for hydroxylation is 1. The van der Waals surface area contributed by atoms with Gasteiger partial charge in [-0.3, -0.25) is 0 Å². The Balaban J connectivity index is 1.45. The van der Waals surface area contributed by atoms with Crippen LogP contribution in [0.1, 0.15) is 11.4 Å². The van der Waals surface area contributed by atoms with E-state index < -0.39 is 6.10 Å². The molecule has 0 aliphatic carbocycles. The Bertz CT molecular complexity index is 892. The number of ether oxygens (including phenoxy) is 3. The lowest BCUT2D eigenvalue weighted by Gasteiger charge is -2.19. The summed E-state index contributed by atoms with van der Waals surface area (Å²) in [5.41, 5.74) is 2.85. The molecule has 1 N–H and O–H groups in total. The van der Waals surface area contributed by atoms with Crippen molar-refractivity contribution in [2.45, 2.75) is 26.2 Å². The SMILES string of the molecule is Cc1nc2cc3c(cc2n1CC(O)COCc1ccccc1)OCCO3. The number of aliphatic hydroxyl groups excluding tert-OH is 1. The predicted molar refractivity (Wildman–Crippen MR) is 97.6 cm³/mol. The van der Waals surface area contributed by atoms with Crippen LogP contribution in [-0.2, 0) is 17.9 Å². The van der Waals surface area contributed by atoms with Gasteiger partial charge in [-0.15, -0.1) is 0 Å². The molecule has 26 heavy (non-hydrogen) atoms.